The molecule has 0 bridgehead atoms. The number of rotatable bonds is 6. The van der Waals surface area contributed by atoms with Gasteiger partial charge in [-0.15, -0.1) is 0 Å². The van der Waals surface area contributed by atoms with Gasteiger partial charge in [0.1, 0.15) is 0 Å². The van der Waals surface area contributed by atoms with Crippen molar-refractivity contribution in [2.75, 3.05) is 32.8 Å². The first-order chi connectivity index (χ1) is 13.0. The summed E-state index contributed by atoms with van der Waals surface area (Å²) in [6.07, 6.45) is 8.08. The maximum atomic E-state index is 12.6. The number of carbonyl (C=O) groups is 1. The van der Waals surface area contributed by atoms with Crippen LogP contribution in [0.2, 0.25) is 0 Å². The van der Waals surface area contributed by atoms with Crippen LogP contribution in [0.1, 0.15) is 45.1 Å². The Bertz CT molecular complexity index is 599. The molecule has 1 aromatic rings. The van der Waals surface area contributed by atoms with E-state index in [4.69, 9.17) is 0 Å². The number of pyridine rings is 1. The van der Waals surface area contributed by atoms with E-state index in [1.807, 2.05) is 26.2 Å². The maximum absolute atomic E-state index is 12.6. The second kappa shape index (κ2) is 9.13. The molecule has 2 aliphatic rings. The zero-order valence-corrected chi connectivity index (χ0v) is 16.7. The SMILES string of the molecule is CC(C)(CO)NC(=O)[C@@H]1CCCN(C2CCN(Cc3ccncc3)CC2)C1. The van der Waals surface area contributed by atoms with Gasteiger partial charge in [0.05, 0.1) is 18.1 Å². The average Bonchev–Trinajstić information content (AvgIpc) is 2.69. The third kappa shape index (κ3) is 5.74. The molecule has 0 aromatic carbocycles. The van der Waals surface area contributed by atoms with Crippen molar-refractivity contribution in [2.45, 2.75) is 57.7 Å². The number of hydrogen-bond donors (Lipinski definition) is 2. The van der Waals surface area contributed by atoms with Gasteiger partial charge in [-0.25, -0.2) is 0 Å². The summed E-state index contributed by atoms with van der Waals surface area (Å²) in [6.45, 7) is 8.86. The Labute approximate surface area is 163 Å². The predicted octanol–water partition coefficient (Wildman–Crippen LogP) is 1.65. The van der Waals surface area contributed by atoms with Crippen molar-refractivity contribution in [3.05, 3.63) is 30.1 Å². The molecule has 2 N–H and O–H groups in total. The number of nitrogens with zero attached hydrogens (tertiary/aromatic N) is 3. The molecule has 1 amide bonds. The van der Waals surface area contributed by atoms with Crippen molar-refractivity contribution in [3.8, 4) is 0 Å². The highest BCUT2D eigenvalue weighted by Crippen LogP contribution is 2.25. The molecular formula is C21H34N4O2. The van der Waals surface area contributed by atoms with Crippen LogP contribution in [-0.4, -0.2) is 70.2 Å². The van der Waals surface area contributed by atoms with Gasteiger partial charge in [0.2, 0.25) is 5.91 Å². The molecule has 2 aliphatic heterocycles. The van der Waals surface area contributed by atoms with Crippen molar-refractivity contribution >= 4 is 5.91 Å². The van der Waals surface area contributed by atoms with Crippen LogP contribution in [0, 0.1) is 5.92 Å². The molecule has 27 heavy (non-hydrogen) atoms. The zero-order chi connectivity index (χ0) is 19.3. The van der Waals surface area contributed by atoms with E-state index in [0.717, 1.165) is 45.6 Å². The smallest absolute Gasteiger partial charge is 0.224 e. The minimum Gasteiger partial charge on any atom is -0.394 e. The Kier molecular flexibility index (Phi) is 6.84. The van der Waals surface area contributed by atoms with Crippen LogP contribution in [0.15, 0.2) is 24.5 Å². The van der Waals surface area contributed by atoms with Crippen LogP contribution in [0.5, 0.6) is 0 Å². The number of hydrogen-bond acceptors (Lipinski definition) is 5. The highest BCUT2D eigenvalue weighted by molar-refractivity contribution is 5.79. The lowest BCUT2D eigenvalue weighted by molar-refractivity contribution is -0.129. The van der Waals surface area contributed by atoms with Gasteiger partial charge >= 0.3 is 0 Å². The van der Waals surface area contributed by atoms with Gasteiger partial charge in [0.15, 0.2) is 0 Å². The van der Waals surface area contributed by atoms with Gasteiger partial charge in [-0.3, -0.25) is 19.6 Å². The van der Waals surface area contributed by atoms with E-state index in [0.29, 0.717) is 6.04 Å². The predicted molar refractivity (Wildman–Crippen MR) is 106 cm³/mol. The van der Waals surface area contributed by atoms with Gasteiger partial charge in [-0.2, -0.15) is 0 Å². The first-order valence-electron chi connectivity index (χ1n) is 10.2. The molecule has 6 nitrogen and oxygen atoms in total. The Morgan fingerprint density at radius 1 is 1.22 bits per heavy atom. The molecule has 1 atom stereocenters. The Hall–Kier alpha value is -1.50. The molecular weight excluding hydrogens is 340 g/mol. The maximum Gasteiger partial charge on any atom is 0.224 e. The van der Waals surface area contributed by atoms with Crippen LogP contribution in [0.3, 0.4) is 0 Å². The molecule has 0 radical (unpaired) electrons. The van der Waals surface area contributed by atoms with Crippen LogP contribution < -0.4 is 5.32 Å². The van der Waals surface area contributed by atoms with Crippen LogP contribution >= 0.6 is 0 Å². The van der Waals surface area contributed by atoms with Gasteiger partial charge in [-0.1, -0.05) is 0 Å². The fourth-order valence-corrected chi connectivity index (χ4v) is 4.22. The lowest BCUT2D eigenvalue weighted by atomic mass is 9.92. The quantitative estimate of drug-likeness (QED) is 0.792. The Morgan fingerprint density at radius 3 is 2.59 bits per heavy atom. The summed E-state index contributed by atoms with van der Waals surface area (Å²) in [5, 5.41) is 12.4. The number of aliphatic hydroxyl groups is 1. The third-order valence-electron chi connectivity index (χ3n) is 5.91. The summed E-state index contributed by atoms with van der Waals surface area (Å²) < 4.78 is 0. The standard InChI is InChI=1S/C21H34N4O2/c1-21(2,16-26)23-20(27)18-4-3-11-25(15-18)19-7-12-24(13-8-19)14-17-5-9-22-10-6-17/h5-6,9-10,18-19,26H,3-4,7-8,11-16H2,1-2H3,(H,23,27)/t18-/m1/s1. The normalized spacial score (nSPS) is 23.3. The largest absolute Gasteiger partial charge is 0.394 e. The van der Waals surface area contributed by atoms with E-state index in [1.54, 1.807) is 0 Å². The fourth-order valence-electron chi connectivity index (χ4n) is 4.22. The number of carbonyl (C=O) groups excluding carboxylic acids is 1. The molecule has 0 aliphatic carbocycles. The van der Waals surface area contributed by atoms with Gasteiger partial charge < -0.3 is 10.4 Å². The van der Waals surface area contributed by atoms with Crippen molar-refractivity contribution in [1.29, 1.82) is 0 Å². The van der Waals surface area contributed by atoms with Crippen molar-refractivity contribution in [3.63, 3.8) is 0 Å². The summed E-state index contributed by atoms with van der Waals surface area (Å²) >= 11 is 0. The summed E-state index contributed by atoms with van der Waals surface area (Å²) in [5.74, 6) is 0.133. The van der Waals surface area contributed by atoms with E-state index >= 15 is 0 Å². The Balaban J connectivity index is 1.47. The minimum absolute atomic E-state index is 0.0366. The second-order valence-electron chi connectivity index (χ2n) is 8.73. The van der Waals surface area contributed by atoms with Crippen LogP contribution in [-0.2, 0) is 11.3 Å². The van der Waals surface area contributed by atoms with Gasteiger partial charge in [0.25, 0.3) is 0 Å². The molecule has 0 spiro atoms. The highest BCUT2D eigenvalue weighted by atomic mass is 16.3. The van der Waals surface area contributed by atoms with E-state index in [9.17, 15) is 9.90 Å². The first kappa shape index (κ1) is 20.2. The zero-order valence-electron chi connectivity index (χ0n) is 16.7. The topological polar surface area (TPSA) is 68.7 Å². The number of aromatic nitrogens is 1. The first-order valence-corrected chi connectivity index (χ1v) is 10.2. The lowest BCUT2D eigenvalue weighted by Crippen LogP contribution is -2.54. The second-order valence-corrected chi connectivity index (χ2v) is 8.73. The summed E-state index contributed by atoms with van der Waals surface area (Å²) in [7, 11) is 0. The average molecular weight is 375 g/mol. The molecule has 3 rings (SSSR count). The highest BCUT2D eigenvalue weighted by Gasteiger charge is 2.33. The fraction of sp³-hybridized carbons (Fsp3) is 0.714. The summed E-state index contributed by atoms with van der Waals surface area (Å²) in [6, 6.07) is 4.77. The number of likely N-dealkylation sites (tertiary alicyclic amines) is 2. The number of aliphatic hydroxyl groups excluding tert-OH is 1. The van der Waals surface area contributed by atoms with E-state index in [2.05, 4.69) is 32.2 Å². The number of piperidine rings is 2. The molecule has 6 heteroatoms. The number of nitrogens with one attached hydrogen (secondary N) is 1. The van der Waals surface area contributed by atoms with Crippen LogP contribution in [0.25, 0.3) is 0 Å². The molecule has 150 valence electrons. The van der Waals surface area contributed by atoms with E-state index in [1.165, 1.54) is 18.4 Å². The molecule has 0 unspecified atom stereocenters. The van der Waals surface area contributed by atoms with Gasteiger partial charge in [0, 0.05) is 31.5 Å². The minimum atomic E-state index is -0.544. The van der Waals surface area contributed by atoms with Crippen molar-refractivity contribution in [2.24, 2.45) is 5.92 Å². The van der Waals surface area contributed by atoms with Crippen LogP contribution in [0.4, 0.5) is 0 Å². The number of amides is 1. The monoisotopic (exact) mass is 374 g/mol. The van der Waals surface area contributed by atoms with Gasteiger partial charge in [-0.05, 0) is 76.9 Å². The molecule has 3 heterocycles. The van der Waals surface area contributed by atoms with Crippen molar-refractivity contribution in [1.82, 2.24) is 20.1 Å². The lowest BCUT2D eigenvalue weighted by Gasteiger charge is -2.42. The summed E-state index contributed by atoms with van der Waals surface area (Å²) in [4.78, 5) is 21.7. The molecule has 1 aromatic heterocycles. The van der Waals surface area contributed by atoms with Crippen molar-refractivity contribution < 1.29 is 9.90 Å². The molecule has 2 saturated heterocycles. The third-order valence-corrected chi connectivity index (χ3v) is 5.91. The van der Waals surface area contributed by atoms with E-state index in [-0.39, 0.29) is 18.4 Å². The molecule has 0 saturated carbocycles. The Morgan fingerprint density at radius 2 is 1.93 bits per heavy atom. The summed E-state index contributed by atoms with van der Waals surface area (Å²) in [5.41, 5.74) is 0.780. The molecule has 2 fully saturated rings. The van der Waals surface area contributed by atoms with E-state index < -0.39 is 5.54 Å².